The first-order chi connectivity index (χ1) is 8.35. The predicted molar refractivity (Wildman–Crippen MR) is 70.8 cm³/mol. The first kappa shape index (κ1) is 11.9. The van der Waals surface area contributed by atoms with Crippen molar-refractivity contribution in [3.63, 3.8) is 0 Å². The van der Waals surface area contributed by atoms with Gasteiger partial charge < -0.3 is 10.7 Å². The third-order valence-electron chi connectivity index (χ3n) is 2.88. The molecule has 2 aromatic rings. The van der Waals surface area contributed by atoms with Crippen LogP contribution in [0, 0.1) is 0 Å². The molecule has 0 aliphatic rings. The topological polar surface area (TPSA) is 54.7 Å². The van der Waals surface area contributed by atoms with Crippen molar-refractivity contribution in [3.8, 4) is 11.3 Å². The fraction of sp³-hybridized carbons (Fsp3) is 0.357. The fourth-order valence-electron chi connectivity index (χ4n) is 2.02. The van der Waals surface area contributed by atoms with E-state index in [1.807, 2.05) is 0 Å². The number of nitrogens with zero attached hydrogens (tertiary/aromatic N) is 1. The maximum atomic E-state index is 5.58. The lowest BCUT2D eigenvalue weighted by atomic mass is 10.0. The van der Waals surface area contributed by atoms with Crippen molar-refractivity contribution >= 4 is 0 Å². The normalized spacial score (nSPS) is 10.7. The van der Waals surface area contributed by atoms with Crippen LogP contribution in [0.2, 0.25) is 0 Å². The van der Waals surface area contributed by atoms with Crippen molar-refractivity contribution in [2.45, 2.75) is 26.2 Å². The van der Waals surface area contributed by atoms with E-state index in [0.29, 0.717) is 6.54 Å². The van der Waals surface area contributed by atoms with Gasteiger partial charge in [-0.05, 0) is 18.5 Å². The number of benzene rings is 1. The van der Waals surface area contributed by atoms with Gasteiger partial charge in [0, 0.05) is 17.7 Å². The second-order valence-corrected chi connectivity index (χ2v) is 4.22. The Morgan fingerprint density at radius 2 is 1.94 bits per heavy atom. The van der Waals surface area contributed by atoms with E-state index in [-0.39, 0.29) is 0 Å². The Hall–Kier alpha value is -1.61. The summed E-state index contributed by atoms with van der Waals surface area (Å²) in [6.07, 6.45) is 4.89. The number of aromatic nitrogens is 2. The lowest BCUT2D eigenvalue weighted by molar-refractivity contribution is 0.921. The van der Waals surface area contributed by atoms with Crippen LogP contribution in [0.3, 0.4) is 0 Å². The van der Waals surface area contributed by atoms with Gasteiger partial charge in [0.25, 0.3) is 0 Å². The highest BCUT2D eigenvalue weighted by Crippen LogP contribution is 2.21. The van der Waals surface area contributed by atoms with Gasteiger partial charge in [0.1, 0.15) is 0 Å². The largest absolute Gasteiger partial charge is 0.348 e. The van der Waals surface area contributed by atoms with Gasteiger partial charge in [0.2, 0.25) is 0 Å². The van der Waals surface area contributed by atoms with E-state index in [1.54, 1.807) is 6.33 Å². The summed E-state index contributed by atoms with van der Waals surface area (Å²) in [7, 11) is 0. The van der Waals surface area contributed by atoms with E-state index in [0.717, 1.165) is 29.8 Å². The molecule has 0 unspecified atom stereocenters. The zero-order chi connectivity index (χ0) is 12.1. The molecule has 0 radical (unpaired) electrons. The van der Waals surface area contributed by atoms with Gasteiger partial charge in [-0.15, -0.1) is 0 Å². The molecule has 0 fully saturated rings. The van der Waals surface area contributed by atoms with Gasteiger partial charge in [0.15, 0.2) is 0 Å². The van der Waals surface area contributed by atoms with E-state index in [2.05, 4.69) is 41.2 Å². The number of imidazole rings is 1. The molecule has 3 N–H and O–H groups in total. The molecule has 1 heterocycles. The van der Waals surface area contributed by atoms with Crippen molar-refractivity contribution in [2.24, 2.45) is 5.73 Å². The van der Waals surface area contributed by atoms with Gasteiger partial charge in [-0.25, -0.2) is 4.98 Å². The molecule has 17 heavy (non-hydrogen) atoms. The monoisotopic (exact) mass is 229 g/mol. The number of H-pyrrole nitrogens is 1. The van der Waals surface area contributed by atoms with E-state index in [9.17, 15) is 0 Å². The Labute approximate surface area is 102 Å². The summed E-state index contributed by atoms with van der Waals surface area (Å²) in [6, 6.07) is 8.64. The number of rotatable bonds is 5. The fourth-order valence-corrected chi connectivity index (χ4v) is 2.02. The summed E-state index contributed by atoms with van der Waals surface area (Å²) in [6.45, 7) is 2.84. The first-order valence-corrected chi connectivity index (χ1v) is 6.16. The maximum absolute atomic E-state index is 5.58. The van der Waals surface area contributed by atoms with E-state index >= 15 is 0 Å². The van der Waals surface area contributed by atoms with Crippen molar-refractivity contribution in [1.29, 1.82) is 0 Å². The second kappa shape index (κ2) is 5.64. The lowest BCUT2D eigenvalue weighted by Crippen LogP contribution is -2.04. The minimum Gasteiger partial charge on any atom is -0.348 e. The summed E-state index contributed by atoms with van der Waals surface area (Å²) in [5.41, 5.74) is 10.3. The molecule has 0 saturated heterocycles. The van der Waals surface area contributed by atoms with Crippen molar-refractivity contribution in [1.82, 2.24) is 9.97 Å². The molecule has 2 rings (SSSR count). The second-order valence-electron chi connectivity index (χ2n) is 4.22. The van der Waals surface area contributed by atoms with Gasteiger partial charge >= 0.3 is 0 Å². The summed E-state index contributed by atoms with van der Waals surface area (Å²) in [5.74, 6) is 0. The SMILES string of the molecule is CCCc1ccc(-c2nc[nH]c2CCN)cc1. The molecule has 0 saturated carbocycles. The van der Waals surface area contributed by atoms with Crippen LogP contribution in [0.15, 0.2) is 30.6 Å². The summed E-state index contributed by atoms with van der Waals surface area (Å²) >= 11 is 0. The molecule has 0 atom stereocenters. The van der Waals surface area contributed by atoms with Crippen LogP contribution in [0.5, 0.6) is 0 Å². The number of hydrogen-bond acceptors (Lipinski definition) is 2. The Bertz CT molecular complexity index is 457. The molecule has 0 spiro atoms. The molecule has 3 heteroatoms. The molecule has 3 nitrogen and oxygen atoms in total. The van der Waals surface area contributed by atoms with E-state index in [4.69, 9.17) is 5.73 Å². The highest BCUT2D eigenvalue weighted by Gasteiger charge is 2.07. The number of nitrogens with two attached hydrogens (primary N) is 1. The first-order valence-electron chi connectivity index (χ1n) is 6.16. The Morgan fingerprint density at radius 3 is 2.59 bits per heavy atom. The zero-order valence-corrected chi connectivity index (χ0v) is 10.2. The van der Waals surface area contributed by atoms with Gasteiger partial charge in [-0.1, -0.05) is 37.6 Å². The van der Waals surface area contributed by atoms with Gasteiger partial charge in [-0.2, -0.15) is 0 Å². The quantitative estimate of drug-likeness (QED) is 0.827. The number of aromatic amines is 1. The van der Waals surface area contributed by atoms with Gasteiger partial charge in [0.05, 0.1) is 12.0 Å². The average molecular weight is 229 g/mol. The number of aryl methyl sites for hydroxylation is 1. The van der Waals surface area contributed by atoms with E-state index < -0.39 is 0 Å². The molecule has 0 bridgehead atoms. The van der Waals surface area contributed by atoms with Crippen LogP contribution in [0.4, 0.5) is 0 Å². The summed E-state index contributed by atoms with van der Waals surface area (Å²) in [4.78, 5) is 7.52. The molecule has 90 valence electrons. The minimum absolute atomic E-state index is 0.642. The minimum atomic E-state index is 0.642. The van der Waals surface area contributed by atoms with Gasteiger partial charge in [-0.3, -0.25) is 0 Å². The van der Waals surface area contributed by atoms with E-state index in [1.165, 1.54) is 12.0 Å². The Morgan fingerprint density at radius 1 is 1.18 bits per heavy atom. The molecular formula is C14H19N3. The van der Waals surface area contributed by atoms with Crippen LogP contribution in [-0.4, -0.2) is 16.5 Å². The molecular weight excluding hydrogens is 210 g/mol. The van der Waals surface area contributed by atoms with Crippen LogP contribution in [0.25, 0.3) is 11.3 Å². The lowest BCUT2D eigenvalue weighted by Gasteiger charge is -2.03. The molecule has 1 aromatic heterocycles. The third kappa shape index (κ3) is 2.74. The Balaban J connectivity index is 2.23. The van der Waals surface area contributed by atoms with Crippen LogP contribution >= 0.6 is 0 Å². The van der Waals surface area contributed by atoms with Crippen LogP contribution in [-0.2, 0) is 12.8 Å². The van der Waals surface area contributed by atoms with Crippen molar-refractivity contribution < 1.29 is 0 Å². The molecule has 0 aliphatic heterocycles. The highest BCUT2D eigenvalue weighted by atomic mass is 14.9. The summed E-state index contributed by atoms with van der Waals surface area (Å²) in [5, 5.41) is 0. The molecule has 1 aromatic carbocycles. The standard InChI is InChI=1S/C14H19N3/c1-2-3-11-4-6-12(7-5-11)14-13(8-9-15)16-10-17-14/h4-7,10H,2-3,8-9,15H2,1H3,(H,16,17). The highest BCUT2D eigenvalue weighted by molar-refractivity contribution is 5.62. The number of nitrogens with one attached hydrogen (secondary N) is 1. The number of hydrogen-bond donors (Lipinski definition) is 2. The smallest absolute Gasteiger partial charge is 0.0929 e. The van der Waals surface area contributed by atoms with Crippen LogP contribution in [0.1, 0.15) is 24.6 Å². The zero-order valence-electron chi connectivity index (χ0n) is 10.2. The summed E-state index contributed by atoms with van der Waals surface area (Å²) < 4.78 is 0. The predicted octanol–water partition coefficient (Wildman–Crippen LogP) is 2.53. The Kier molecular flexibility index (Phi) is 3.94. The van der Waals surface area contributed by atoms with Crippen molar-refractivity contribution in [2.75, 3.05) is 6.54 Å². The van der Waals surface area contributed by atoms with Crippen molar-refractivity contribution in [3.05, 3.63) is 41.9 Å². The third-order valence-corrected chi connectivity index (χ3v) is 2.88. The maximum Gasteiger partial charge on any atom is 0.0929 e. The molecule has 0 amide bonds. The molecule has 0 aliphatic carbocycles. The van der Waals surface area contributed by atoms with Crippen LogP contribution < -0.4 is 5.73 Å². The average Bonchev–Trinajstić information content (AvgIpc) is 2.79.